The molecule has 0 saturated carbocycles. The molecule has 0 bridgehead atoms. The molecule has 0 aliphatic carbocycles. The molecule has 0 spiro atoms. The van der Waals surface area contributed by atoms with E-state index in [4.69, 9.17) is 4.74 Å². The number of rotatable bonds is 7. The molecule has 1 N–H and O–H groups in total. The van der Waals surface area contributed by atoms with Gasteiger partial charge in [0.25, 0.3) is 0 Å². The number of hydrogen-bond donors (Lipinski definition) is 1. The van der Waals surface area contributed by atoms with Crippen LogP contribution in [0.5, 0.6) is 0 Å². The number of thiophene rings is 1. The van der Waals surface area contributed by atoms with Crippen LogP contribution in [0.1, 0.15) is 37.6 Å². The van der Waals surface area contributed by atoms with Gasteiger partial charge in [0.2, 0.25) is 0 Å². The van der Waals surface area contributed by atoms with Gasteiger partial charge in [-0.15, -0.1) is 11.3 Å². The fourth-order valence-electron chi connectivity index (χ4n) is 2.67. The fraction of sp³-hybridized carbons (Fsp3) is 0.733. The van der Waals surface area contributed by atoms with Crippen molar-refractivity contribution in [3.05, 3.63) is 22.4 Å². The van der Waals surface area contributed by atoms with Crippen LogP contribution in [0.25, 0.3) is 0 Å². The lowest BCUT2D eigenvalue weighted by Gasteiger charge is -2.32. The molecule has 0 amide bonds. The summed E-state index contributed by atoms with van der Waals surface area (Å²) in [4.78, 5) is 3.95. The van der Waals surface area contributed by atoms with E-state index in [1.807, 2.05) is 11.3 Å². The Balaban J connectivity index is 1.65. The predicted molar refractivity (Wildman–Crippen MR) is 81.8 cm³/mol. The van der Waals surface area contributed by atoms with E-state index in [0.29, 0.717) is 12.1 Å². The SMILES string of the molecule is CCOC1CCCN(CCNC(C)c2cccs2)C1. The van der Waals surface area contributed by atoms with Crippen molar-refractivity contribution in [3.8, 4) is 0 Å². The van der Waals surface area contributed by atoms with Crippen molar-refractivity contribution in [2.75, 3.05) is 32.8 Å². The van der Waals surface area contributed by atoms with Crippen molar-refractivity contribution in [2.45, 2.75) is 38.8 Å². The molecule has 2 unspecified atom stereocenters. The zero-order valence-electron chi connectivity index (χ0n) is 12.1. The van der Waals surface area contributed by atoms with Crippen LogP contribution in [0, 0.1) is 0 Å². The van der Waals surface area contributed by atoms with Gasteiger partial charge in [-0.05, 0) is 44.7 Å². The van der Waals surface area contributed by atoms with Crippen LogP contribution in [-0.2, 0) is 4.74 Å². The van der Waals surface area contributed by atoms with Crippen LogP contribution in [0.4, 0.5) is 0 Å². The van der Waals surface area contributed by atoms with E-state index in [1.165, 1.54) is 24.3 Å². The number of hydrogen-bond acceptors (Lipinski definition) is 4. The van der Waals surface area contributed by atoms with Gasteiger partial charge in [-0.3, -0.25) is 4.90 Å². The zero-order chi connectivity index (χ0) is 13.5. The van der Waals surface area contributed by atoms with Gasteiger partial charge >= 0.3 is 0 Å². The van der Waals surface area contributed by atoms with Crippen LogP contribution in [0.3, 0.4) is 0 Å². The number of nitrogens with one attached hydrogen (secondary N) is 1. The van der Waals surface area contributed by atoms with E-state index in [2.05, 4.69) is 41.6 Å². The van der Waals surface area contributed by atoms with Crippen LogP contribution in [-0.4, -0.2) is 43.8 Å². The van der Waals surface area contributed by atoms with Crippen molar-refractivity contribution < 1.29 is 4.74 Å². The highest BCUT2D eigenvalue weighted by Crippen LogP contribution is 2.18. The maximum atomic E-state index is 5.74. The zero-order valence-corrected chi connectivity index (χ0v) is 12.9. The predicted octanol–water partition coefficient (Wildman–Crippen LogP) is 2.90. The van der Waals surface area contributed by atoms with E-state index in [-0.39, 0.29) is 0 Å². The monoisotopic (exact) mass is 282 g/mol. The van der Waals surface area contributed by atoms with E-state index in [1.54, 1.807) is 0 Å². The standard InChI is InChI=1S/C15H26N2OS/c1-3-18-14-6-4-9-17(12-14)10-8-16-13(2)15-7-5-11-19-15/h5,7,11,13-14,16H,3-4,6,8-10,12H2,1-2H3. The highest BCUT2D eigenvalue weighted by Gasteiger charge is 2.19. The quantitative estimate of drug-likeness (QED) is 0.832. The first-order valence-corrected chi connectivity index (χ1v) is 8.28. The molecule has 1 fully saturated rings. The molecule has 0 aromatic carbocycles. The Morgan fingerprint density at radius 2 is 2.47 bits per heavy atom. The Labute approximate surface area is 121 Å². The van der Waals surface area contributed by atoms with Crippen molar-refractivity contribution >= 4 is 11.3 Å². The van der Waals surface area contributed by atoms with Gasteiger partial charge in [-0.1, -0.05) is 6.07 Å². The average molecular weight is 282 g/mol. The molecule has 1 aliphatic rings. The second-order valence-electron chi connectivity index (χ2n) is 5.21. The third-order valence-electron chi connectivity index (χ3n) is 3.71. The molecule has 2 atom stereocenters. The Kier molecular flexibility index (Phi) is 6.31. The van der Waals surface area contributed by atoms with Crippen molar-refractivity contribution in [1.82, 2.24) is 10.2 Å². The summed E-state index contributed by atoms with van der Waals surface area (Å²) in [6.45, 7) is 9.67. The molecule has 19 heavy (non-hydrogen) atoms. The Bertz CT molecular complexity index is 340. The van der Waals surface area contributed by atoms with Crippen LogP contribution in [0.2, 0.25) is 0 Å². The number of likely N-dealkylation sites (tertiary alicyclic amines) is 1. The molecule has 1 aromatic heterocycles. The molecular formula is C15H26N2OS. The molecule has 108 valence electrons. The lowest BCUT2D eigenvalue weighted by molar-refractivity contribution is 0.00624. The van der Waals surface area contributed by atoms with Gasteiger partial charge in [-0.25, -0.2) is 0 Å². The minimum Gasteiger partial charge on any atom is -0.377 e. The first-order chi connectivity index (χ1) is 9.29. The number of ether oxygens (including phenoxy) is 1. The molecule has 2 rings (SSSR count). The Morgan fingerprint density at radius 1 is 1.58 bits per heavy atom. The lowest BCUT2D eigenvalue weighted by Crippen LogP contribution is -2.42. The summed E-state index contributed by atoms with van der Waals surface area (Å²) in [7, 11) is 0. The summed E-state index contributed by atoms with van der Waals surface area (Å²) >= 11 is 1.83. The molecule has 1 aromatic rings. The fourth-order valence-corrected chi connectivity index (χ4v) is 3.42. The second-order valence-corrected chi connectivity index (χ2v) is 6.19. The normalized spacial score (nSPS) is 22.5. The smallest absolute Gasteiger partial charge is 0.0702 e. The van der Waals surface area contributed by atoms with Crippen LogP contribution in [0.15, 0.2) is 17.5 Å². The van der Waals surface area contributed by atoms with E-state index in [9.17, 15) is 0 Å². The summed E-state index contributed by atoms with van der Waals surface area (Å²) in [6.07, 6.45) is 2.95. The first kappa shape index (κ1) is 15.0. The molecule has 3 nitrogen and oxygen atoms in total. The van der Waals surface area contributed by atoms with Gasteiger partial charge < -0.3 is 10.1 Å². The van der Waals surface area contributed by atoms with E-state index >= 15 is 0 Å². The summed E-state index contributed by atoms with van der Waals surface area (Å²) < 4.78 is 5.74. The van der Waals surface area contributed by atoms with Crippen LogP contribution >= 0.6 is 11.3 Å². The number of nitrogens with zero attached hydrogens (tertiary/aromatic N) is 1. The largest absolute Gasteiger partial charge is 0.377 e. The van der Waals surface area contributed by atoms with E-state index in [0.717, 1.165) is 26.2 Å². The lowest BCUT2D eigenvalue weighted by atomic mass is 10.1. The maximum absolute atomic E-state index is 5.74. The van der Waals surface area contributed by atoms with Crippen molar-refractivity contribution in [3.63, 3.8) is 0 Å². The van der Waals surface area contributed by atoms with Gasteiger partial charge in [0.05, 0.1) is 6.10 Å². The maximum Gasteiger partial charge on any atom is 0.0702 e. The van der Waals surface area contributed by atoms with E-state index < -0.39 is 0 Å². The molecule has 1 aliphatic heterocycles. The highest BCUT2D eigenvalue weighted by atomic mass is 32.1. The average Bonchev–Trinajstić information content (AvgIpc) is 2.93. The van der Waals surface area contributed by atoms with Gasteiger partial charge in [0.1, 0.15) is 0 Å². The molecule has 0 radical (unpaired) electrons. The first-order valence-electron chi connectivity index (χ1n) is 7.40. The molecule has 4 heteroatoms. The summed E-state index contributed by atoms with van der Waals surface area (Å²) in [5.41, 5.74) is 0. The highest BCUT2D eigenvalue weighted by molar-refractivity contribution is 7.10. The minimum atomic E-state index is 0.452. The second kappa shape index (κ2) is 8.00. The van der Waals surface area contributed by atoms with Crippen molar-refractivity contribution in [1.29, 1.82) is 0 Å². The molecular weight excluding hydrogens is 256 g/mol. The van der Waals surface area contributed by atoms with Gasteiger partial charge in [-0.2, -0.15) is 0 Å². The Morgan fingerprint density at radius 3 is 3.21 bits per heavy atom. The van der Waals surface area contributed by atoms with Gasteiger partial charge in [0, 0.05) is 37.2 Å². The van der Waals surface area contributed by atoms with Crippen molar-refractivity contribution in [2.24, 2.45) is 0 Å². The van der Waals surface area contributed by atoms with Crippen LogP contribution < -0.4 is 5.32 Å². The third-order valence-corrected chi connectivity index (χ3v) is 4.77. The molecule has 1 saturated heterocycles. The summed E-state index contributed by atoms with van der Waals surface area (Å²) in [5, 5.41) is 5.75. The summed E-state index contributed by atoms with van der Waals surface area (Å²) in [6, 6.07) is 4.79. The number of piperidine rings is 1. The minimum absolute atomic E-state index is 0.452. The summed E-state index contributed by atoms with van der Waals surface area (Å²) in [5.74, 6) is 0. The molecule has 2 heterocycles. The Hall–Kier alpha value is -0.420. The topological polar surface area (TPSA) is 24.5 Å². The van der Waals surface area contributed by atoms with Gasteiger partial charge in [0.15, 0.2) is 0 Å². The third kappa shape index (κ3) is 4.88.